The molecule has 1 heterocycles. The second kappa shape index (κ2) is 7.88. The molecule has 0 saturated carbocycles. The second-order valence-electron chi connectivity index (χ2n) is 3.73. The summed E-state index contributed by atoms with van der Waals surface area (Å²) in [5.74, 6) is 2.53. The molecule has 0 fully saturated rings. The van der Waals surface area contributed by atoms with Crippen molar-refractivity contribution in [1.82, 2.24) is 4.98 Å². The fourth-order valence-electron chi connectivity index (χ4n) is 1.36. The first-order chi connectivity index (χ1) is 8.65. The lowest BCUT2D eigenvalue weighted by atomic mass is 10.2. The summed E-state index contributed by atoms with van der Waals surface area (Å²) in [6.07, 6.45) is 2.06. The maximum Gasteiger partial charge on any atom is 0.287 e. The molecule has 0 unspecified atom stereocenters. The van der Waals surface area contributed by atoms with Gasteiger partial charge in [-0.2, -0.15) is 11.8 Å². The van der Waals surface area contributed by atoms with Crippen molar-refractivity contribution in [2.45, 2.75) is 13.3 Å². The number of aromatic nitrogens is 1. The zero-order chi connectivity index (χ0) is 13.4. The summed E-state index contributed by atoms with van der Waals surface area (Å²) in [6.45, 7) is 2.77. The van der Waals surface area contributed by atoms with E-state index in [4.69, 9.17) is 5.11 Å². The molecule has 0 amide bonds. The Morgan fingerprint density at radius 1 is 1.56 bits per heavy atom. The van der Waals surface area contributed by atoms with Crippen molar-refractivity contribution in [3.8, 4) is 0 Å². The lowest BCUT2D eigenvalue weighted by Crippen LogP contribution is -2.08. The molecular formula is C11H17N3O3S. The summed E-state index contributed by atoms with van der Waals surface area (Å²) >= 11 is 1.75. The van der Waals surface area contributed by atoms with E-state index in [0.29, 0.717) is 5.82 Å². The van der Waals surface area contributed by atoms with E-state index in [1.165, 1.54) is 12.3 Å². The first-order valence-electron chi connectivity index (χ1n) is 5.68. The normalized spacial score (nSPS) is 10.3. The summed E-state index contributed by atoms with van der Waals surface area (Å²) < 4.78 is 0. The minimum absolute atomic E-state index is 0.00960. The number of nitrogens with zero attached hydrogens (tertiary/aromatic N) is 2. The molecule has 7 heteroatoms. The molecule has 0 aliphatic carbocycles. The monoisotopic (exact) mass is 271 g/mol. The van der Waals surface area contributed by atoms with Crippen LogP contribution >= 0.6 is 11.8 Å². The first-order valence-corrected chi connectivity index (χ1v) is 6.84. The predicted octanol–water partition coefficient (Wildman–Crippen LogP) is 1.83. The molecule has 1 rings (SSSR count). The molecule has 0 radical (unpaired) electrons. The summed E-state index contributed by atoms with van der Waals surface area (Å²) in [4.78, 5) is 14.1. The van der Waals surface area contributed by atoms with E-state index >= 15 is 0 Å². The Kier molecular flexibility index (Phi) is 6.45. The highest BCUT2D eigenvalue weighted by molar-refractivity contribution is 7.99. The zero-order valence-corrected chi connectivity index (χ0v) is 11.1. The van der Waals surface area contributed by atoms with E-state index in [2.05, 4.69) is 10.3 Å². The largest absolute Gasteiger partial charge is 0.396 e. The molecule has 0 spiro atoms. The van der Waals surface area contributed by atoms with Gasteiger partial charge in [0.05, 0.1) is 4.92 Å². The molecule has 2 N–H and O–H groups in total. The number of hydrogen-bond acceptors (Lipinski definition) is 6. The van der Waals surface area contributed by atoms with Crippen LogP contribution in [-0.2, 0) is 0 Å². The topological polar surface area (TPSA) is 88.3 Å². The van der Waals surface area contributed by atoms with Gasteiger partial charge in [0, 0.05) is 25.0 Å². The average molecular weight is 271 g/mol. The van der Waals surface area contributed by atoms with Gasteiger partial charge in [-0.25, -0.2) is 4.98 Å². The fourth-order valence-corrected chi connectivity index (χ4v) is 2.14. The van der Waals surface area contributed by atoms with E-state index in [9.17, 15) is 10.1 Å². The molecule has 6 nitrogen and oxygen atoms in total. The molecule has 18 heavy (non-hydrogen) atoms. The Morgan fingerprint density at radius 3 is 2.94 bits per heavy atom. The van der Waals surface area contributed by atoms with Crippen LogP contribution in [0.25, 0.3) is 0 Å². The maximum atomic E-state index is 10.5. The maximum absolute atomic E-state index is 10.5. The Labute approximate surface area is 110 Å². The van der Waals surface area contributed by atoms with Gasteiger partial charge >= 0.3 is 0 Å². The highest BCUT2D eigenvalue weighted by Crippen LogP contribution is 2.17. The summed E-state index contributed by atoms with van der Waals surface area (Å²) in [6, 6.07) is 1.51. The summed E-state index contributed by atoms with van der Waals surface area (Å²) in [5.41, 5.74) is 0.778. The van der Waals surface area contributed by atoms with Gasteiger partial charge in [-0.15, -0.1) is 0 Å². The Hall–Kier alpha value is -1.34. The third-order valence-electron chi connectivity index (χ3n) is 2.26. The quantitative estimate of drug-likeness (QED) is 0.426. The standard InChI is InChI=1S/C11H17N3O3S/c1-9-7-10(14(16)17)8-13-11(9)12-3-6-18-5-2-4-15/h7-8,15H,2-6H2,1H3,(H,12,13). The van der Waals surface area contributed by atoms with Crippen molar-refractivity contribution < 1.29 is 10.0 Å². The van der Waals surface area contributed by atoms with Crippen molar-refractivity contribution in [2.75, 3.05) is 30.0 Å². The SMILES string of the molecule is Cc1cc([N+](=O)[O-])cnc1NCCSCCCO. The number of aryl methyl sites for hydroxylation is 1. The fraction of sp³-hybridized carbons (Fsp3) is 0.545. The molecule has 1 aromatic rings. The molecule has 0 saturated heterocycles. The van der Waals surface area contributed by atoms with E-state index < -0.39 is 4.92 Å². The van der Waals surface area contributed by atoms with Gasteiger partial charge in [0.15, 0.2) is 0 Å². The van der Waals surface area contributed by atoms with E-state index in [1.807, 2.05) is 0 Å². The van der Waals surface area contributed by atoms with Crippen molar-refractivity contribution >= 4 is 23.3 Å². The Balaban J connectivity index is 2.36. The molecule has 0 aliphatic heterocycles. The third kappa shape index (κ3) is 4.89. The van der Waals surface area contributed by atoms with Crippen molar-refractivity contribution in [2.24, 2.45) is 0 Å². The number of anilines is 1. The van der Waals surface area contributed by atoms with Crippen LogP contribution in [0, 0.1) is 17.0 Å². The minimum atomic E-state index is -0.450. The van der Waals surface area contributed by atoms with Crippen LogP contribution in [0.1, 0.15) is 12.0 Å². The predicted molar refractivity (Wildman–Crippen MR) is 73.1 cm³/mol. The molecular weight excluding hydrogens is 254 g/mol. The smallest absolute Gasteiger partial charge is 0.287 e. The number of nitrogens with one attached hydrogen (secondary N) is 1. The summed E-state index contributed by atoms with van der Waals surface area (Å²) in [5, 5.41) is 22.3. The highest BCUT2D eigenvalue weighted by Gasteiger charge is 2.08. The summed E-state index contributed by atoms with van der Waals surface area (Å²) in [7, 11) is 0. The van der Waals surface area contributed by atoms with Gasteiger partial charge in [-0.05, 0) is 24.7 Å². The van der Waals surface area contributed by atoms with Crippen molar-refractivity contribution in [3.05, 3.63) is 27.9 Å². The lowest BCUT2D eigenvalue weighted by molar-refractivity contribution is -0.385. The molecule has 100 valence electrons. The highest BCUT2D eigenvalue weighted by atomic mass is 32.2. The third-order valence-corrected chi connectivity index (χ3v) is 3.33. The molecule has 0 aromatic carbocycles. The number of aliphatic hydroxyl groups is 1. The van der Waals surface area contributed by atoms with Crippen molar-refractivity contribution in [1.29, 1.82) is 0 Å². The van der Waals surface area contributed by atoms with Gasteiger partial charge < -0.3 is 10.4 Å². The van der Waals surface area contributed by atoms with Crippen LogP contribution in [-0.4, -0.2) is 39.7 Å². The van der Waals surface area contributed by atoms with Gasteiger partial charge in [0.1, 0.15) is 12.0 Å². The molecule has 0 bridgehead atoms. The number of aliphatic hydroxyl groups excluding tert-OH is 1. The molecule has 0 aliphatic rings. The minimum Gasteiger partial charge on any atom is -0.396 e. The van der Waals surface area contributed by atoms with Crippen LogP contribution in [0.15, 0.2) is 12.3 Å². The second-order valence-corrected chi connectivity index (χ2v) is 4.96. The first kappa shape index (κ1) is 14.7. The average Bonchev–Trinajstić information content (AvgIpc) is 2.35. The van der Waals surface area contributed by atoms with Gasteiger partial charge in [-0.3, -0.25) is 10.1 Å². The zero-order valence-electron chi connectivity index (χ0n) is 10.3. The number of pyridine rings is 1. The Morgan fingerprint density at radius 2 is 2.33 bits per heavy atom. The van der Waals surface area contributed by atoms with Crippen LogP contribution in [0.5, 0.6) is 0 Å². The number of nitro groups is 1. The van der Waals surface area contributed by atoms with E-state index in [-0.39, 0.29) is 12.3 Å². The number of thioether (sulfide) groups is 1. The van der Waals surface area contributed by atoms with Crippen LogP contribution in [0.3, 0.4) is 0 Å². The van der Waals surface area contributed by atoms with Gasteiger partial charge in [-0.1, -0.05) is 0 Å². The molecule has 1 aromatic heterocycles. The lowest BCUT2D eigenvalue weighted by Gasteiger charge is -2.07. The molecule has 0 atom stereocenters. The van der Waals surface area contributed by atoms with Crippen molar-refractivity contribution in [3.63, 3.8) is 0 Å². The van der Waals surface area contributed by atoms with Crippen LogP contribution in [0.2, 0.25) is 0 Å². The van der Waals surface area contributed by atoms with Crippen LogP contribution in [0.4, 0.5) is 11.5 Å². The van der Waals surface area contributed by atoms with Gasteiger partial charge in [0.25, 0.3) is 5.69 Å². The van der Waals surface area contributed by atoms with Crippen LogP contribution < -0.4 is 5.32 Å². The number of rotatable bonds is 8. The van der Waals surface area contributed by atoms with E-state index in [1.54, 1.807) is 18.7 Å². The Bertz CT molecular complexity index is 401. The van der Waals surface area contributed by atoms with E-state index in [0.717, 1.165) is 30.0 Å². The number of hydrogen-bond donors (Lipinski definition) is 2. The van der Waals surface area contributed by atoms with Gasteiger partial charge in [0.2, 0.25) is 0 Å².